The van der Waals surface area contributed by atoms with E-state index in [0.717, 1.165) is 23.8 Å². The molecule has 3 rings (SSSR count). The van der Waals surface area contributed by atoms with Crippen molar-refractivity contribution in [1.29, 1.82) is 0 Å². The van der Waals surface area contributed by atoms with Crippen LogP contribution in [0.25, 0.3) is 0 Å². The van der Waals surface area contributed by atoms with Crippen LogP contribution in [0.5, 0.6) is 17.2 Å². The van der Waals surface area contributed by atoms with Crippen LogP contribution in [-0.2, 0) is 0 Å². The largest absolute Gasteiger partial charge is 0.508 e. The van der Waals surface area contributed by atoms with Crippen molar-refractivity contribution in [2.24, 2.45) is 0 Å². The standard InChI is InChI=1S/C19H14I2O3/c20-15-9-12(3-7-17(15)23)19(11-1-5-14(22)6-2-11)13-4-8-18(24)16(21)10-13/h1-10,19,22-24H. The summed E-state index contributed by atoms with van der Waals surface area (Å²) in [6.45, 7) is 0. The number of hydrogen-bond donors (Lipinski definition) is 3. The first-order valence-corrected chi connectivity index (χ1v) is 9.37. The Morgan fingerprint density at radius 2 is 1.00 bits per heavy atom. The van der Waals surface area contributed by atoms with Crippen LogP contribution in [0.3, 0.4) is 0 Å². The van der Waals surface area contributed by atoms with Gasteiger partial charge in [-0.05, 0) is 98.3 Å². The van der Waals surface area contributed by atoms with Gasteiger partial charge in [-0.25, -0.2) is 0 Å². The van der Waals surface area contributed by atoms with Crippen molar-refractivity contribution in [3.8, 4) is 17.2 Å². The fraction of sp³-hybridized carbons (Fsp3) is 0.0526. The Hall–Kier alpha value is -1.48. The van der Waals surface area contributed by atoms with Gasteiger partial charge in [-0.2, -0.15) is 0 Å². The van der Waals surface area contributed by atoms with Gasteiger partial charge in [0.15, 0.2) is 0 Å². The number of phenolic OH excluding ortho intramolecular Hbond substituents is 3. The molecule has 24 heavy (non-hydrogen) atoms. The molecule has 3 N–H and O–H groups in total. The van der Waals surface area contributed by atoms with Gasteiger partial charge < -0.3 is 15.3 Å². The Bertz CT molecular complexity index is 825. The fourth-order valence-electron chi connectivity index (χ4n) is 2.65. The summed E-state index contributed by atoms with van der Waals surface area (Å²) in [6, 6.07) is 18.2. The van der Waals surface area contributed by atoms with Crippen molar-refractivity contribution < 1.29 is 15.3 Å². The minimum atomic E-state index is -0.0613. The quantitative estimate of drug-likeness (QED) is 0.315. The second kappa shape index (κ2) is 7.18. The lowest BCUT2D eigenvalue weighted by Gasteiger charge is -2.20. The van der Waals surface area contributed by atoms with Crippen molar-refractivity contribution in [2.75, 3.05) is 0 Å². The number of halogens is 2. The maximum Gasteiger partial charge on any atom is 0.128 e. The van der Waals surface area contributed by atoms with Crippen molar-refractivity contribution in [3.05, 3.63) is 84.5 Å². The predicted octanol–water partition coefficient (Wildman–Crippen LogP) is 5.19. The van der Waals surface area contributed by atoms with Gasteiger partial charge in [0.25, 0.3) is 0 Å². The van der Waals surface area contributed by atoms with Crippen LogP contribution in [0.1, 0.15) is 22.6 Å². The minimum Gasteiger partial charge on any atom is -0.508 e. The predicted molar refractivity (Wildman–Crippen MR) is 111 cm³/mol. The highest BCUT2D eigenvalue weighted by molar-refractivity contribution is 14.1. The Labute approximate surface area is 167 Å². The van der Waals surface area contributed by atoms with Gasteiger partial charge in [0.05, 0.1) is 7.14 Å². The van der Waals surface area contributed by atoms with Gasteiger partial charge in [0, 0.05) is 5.92 Å². The van der Waals surface area contributed by atoms with Crippen molar-refractivity contribution >= 4 is 45.2 Å². The lowest BCUT2D eigenvalue weighted by Crippen LogP contribution is -2.04. The van der Waals surface area contributed by atoms with Gasteiger partial charge >= 0.3 is 0 Å². The Balaban J connectivity index is 2.17. The highest BCUT2D eigenvalue weighted by atomic mass is 127. The number of benzene rings is 3. The van der Waals surface area contributed by atoms with E-state index in [-0.39, 0.29) is 23.2 Å². The van der Waals surface area contributed by atoms with E-state index in [9.17, 15) is 15.3 Å². The topological polar surface area (TPSA) is 60.7 Å². The third-order valence-corrected chi connectivity index (χ3v) is 5.56. The van der Waals surface area contributed by atoms with Gasteiger partial charge in [-0.1, -0.05) is 24.3 Å². The summed E-state index contributed by atoms with van der Waals surface area (Å²) >= 11 is 4.22. The molecule has 0 radical (unpaired) electrons. The second-order valence-electron chi connectivity index (χ2n) is 5.45. The molecule has 0 aliphatic heterocycles. The average Bonchev–Trinajstić information content (AvgIpc) is 2.56. The van der Waals surface area contributed by atoms with Crippen molar-refractivity contribution in [3.63, 3.8) is 0 Å². The summed E-state index contributed by atoms with van der Waals surface area (Å²) in [5, 5.41) is 29.2. The molecule has 0 atom stereocenters. The van der Waals surface area contributed by atoms with Crippen LogP contribution >= 0.6 is 45.2 Å². The highest BCUT2D eigenvalue weighted by Gasteiger charge is 2.19. The molecule has 0 aliphatic rings. The summed E-state index contributed by atoms with van der Waals surface area (Å²) < 4.78 is 1.56. The minimum absolute atomic E-state index is 0.0613. The smallest absolute Gasteiger partial charge is 0.128 e. The molecule has 0 aliphatic carbocycles. The number of aromatic hydroxyl groups is 3. The van der Waals surface area contributed by atoms with Crippen molar-refractivity contribution in [1.82, 2.24) is 0 Å². The Morgan fingerprint density at radius 3 is 1.42 bits per heavy atom. The lowest BCUT2D eigenvalue weighted by molar-refractivity contribution is 0.471. The van der Waals surface area contributed by atoms with Crippen LogP contribution in [0.15, 0.2) is 60.7 Å². The van der Waals surface area contributed by atoms with Crippen LogP contribution in [0, 0.1) is 7.14 Å². The molecule has 3 aromatic carbocycles. The molecule has 0 saturated carbocycles. The molecule has 0 aromatic heterocycles. The van der Waals surface area contributed by atoms with E-state index in [1.807, 2.05) is 36.4 Å². The third kappa shape index (κ3) is 3.61. The first-order chi connectivity index (χ1) is 11.5. The van der Waals surface area contributed by atoms with E-state index < -0.39 is 0 Å². The number of phenols is 3. The molecular formula is C19H14I2O3. The van der Waals surface area contributed by atoms with Crippen LogP contribution < -0.4 is 0 Å². The zero-order chi connectivity index (χ0) is 17.3. The zero-order valence-corrected chi connectivity index (χ0v) is 16.8. The van der Waals surface area contributed by atoms with E-state index in [1.54, 1.807) is 24.3 Å². The van der Waals surface area contributed by atoms with Gasteiger partial charge in [0.2, 0.25) is 0 Å². The molecule has 122 valence electrons. The summed E-state index contributed by atoms with van der Waals surface area (Å²) in [5.41, 5.74) is 3.09. The molecule has 0 saturated heterocycles. The van der Waals surface area contributed by atoms with E-state index >= 15 is 0 Å². The monoisotopic (exact) mass is 544 g/mol. The number of hydrogen-bond acceptors (Lipinski definition) is 3. The highest BCUT2D eigenvalue weighted by Crippen LogP contribution is 2.36. The van der Waals surface area contributed by atoms with Gasteiger partial charge in [-0.15, -0.1) is 0 Å². The third-order valence-electron chi connectivity index (χ3n) is 3.84. The molecule has 0 bridgehead atoms. The van der Waals surface area contributed by atoms with Crippen molar-refractivity contribution in [2.45, 2.75) is 5.92 Å². The fourth-order valence-corrected chi connectivity index (χ4v) is 3.73. The average molecular weight is 544 g/mol. The lowest BCUT2D eigenvalue weighted by atomic mass is 9.85. The normalized spacial score (nSPS) is 11.0. The molecule has 0 unspecified atom stereocenters. The summed E-state index contributed by atoms with van der Waals surface area (Å²) in [6.07, 6.45) is 0. The first-order valence-electron chi connectivity index (χ1n) is 7.21. The number of rotatable bonds is 3. The van der Waals surface area contributed by atoms with Crippen LogP contribution in [-0.4, -0.2) is 15.3 Å². The van der Waals surface area contributed by atoms with E-state index in [4.69, 9.17) is 0 Å². The van der Waals surface area contributed by atoms with Crippen LogP contribution in [0.2, 0.25) is 0 Å². The Morgan fingerprint density at radius 1 is 0.583 bits per heavy atom. The molecule has 0 fully saturated rings. The van der Waals surface area contributed by atoms with Crippen LogP contribution in [0.4, 0.5) is 0 Å². The first kappa shape index (κ1) is 17.3. The molecule has 3 nitrogen and oxygen atoms in total. The summed E-state index contributed by atoms with van der Waals surface area (Å²) in [7, 11) is 0. The van der Waals surface area contributed by atoms with Gasteiger partial charge in [-0.3, -0.25) is 0 Å². The molecule has 3 aromatic rings. The van der Waals surface area contributed by atoms with E-state index in [2.05, 4.69) is 45.2 Å². The molecule has 0 amide bonds. The zero-order valence-electron chi connectivity index (χ0n) is 12.4. The summed E-state index contributed by atoms with van der Waals surface area (Å²) in [5.74, 6) is 0.667. The Kier molecular flexibility index (Phi) is 5.19. The maximum atomic E-state index is 9.81. The van der Waals surface area contributed by atoms with E-state index in [1.165, 1.54) is 0 Å². The molecular weight excluding hydrogens is 530 g/mol. The SMILES string of the molecule is Oc1ccc(C(c2ccc(O)c(I)c2)c2ccc(O)c(I)c2)cc1. The van der Waals surface area contributed by atoms with E-state index in [0.29, 0.717) is 0 Å². The maximum absolute atomic E-state index is 9.81. The molecule has 5 heteroatoms. The molecule has 0 spiro atoms. The van der Waals surface area contributed by atoms with Gasteiger partial charge in [0.1, 0.15) is 17.2 Å². The second-order valence-corrected chi connectivity index (χ2v) is 7.77. The summed E-state index contributed by atoms with van der Waals surface area (Å²) in [4.78, 5) is 0. The molecule has 0 heterocycles.